The number of aromatic amines is 1. The summed E-state index contributed by atoms with van der Waals surface area (Å²) >= 11 is 5.37. The number of rotatable bonds is 1. The van der Waals surface area contributed by atoms with Gasteiger partial charge in [0.25, 0.3) is 0 Å². The Morgan fingerprint density at radius 3 is 2.67 bits per heavy atom. The molecular weight excluding hydrogens is 285 g/mol. The lowest BCUT2D eigenvalue weighted by molar-refractivity contribution is 0.619. The Labute approximate surface area is 124 Å². The third-order valence-electron chi connectivity index (χ3n) is 3.51. The summed E-state index contributed by atoms with van der Waals surface area (Å²) in [6.07, 6.45) is 1.73. The molecule has 2 aromatic heterocycles. The second kappa shape index (κ2) is 4.49. The Morgan fingerprint density at radius 2 is 1.81 bits per heavy atom. The fourth-order valence-electron chi connectivity index (χ4n) is 2.59. The molecule has 0 aliphatic rings. The molecular formula is C16H10FN3S. The summed E-state index contributed by atoms with van der Waals surface area (Å²) < 4.78 is 16.3. The van der Waals surface area contributed by atoms with Crippen LogP contribution in [0.4, 0.5) is 4.39 Å². The Hall–Kier alpha value is -2.53. The molecule has 0 radical (unpaired) electrons. The Bertz CT molecular complexity index is 1030. The van der Waals surface area contributed by atoms with Crippen molar-refractivity contribution >= 4 is 34.2 Å². The second-order valence-electron chi connectivity index (χ2n) is 4.75. The van der Waals surface area contributed by atoms with Crippen molar-refractivity contribution < 1.29 is 4.39 Å². The smallest absolute Gasteiger partial charge is 0.182 e. The molecule has 4 rings (SSSR count). The molecule has 3 nitrogen and oxygen atoms in total. The molecule has 0 saturated heterocycles. The zero-order valence-corrected chi connectivity index (χ0v) is 11.7. The van der Waals surface area contributed by atoms with Crippen LogP contribution in [0, 0.1) is 10.6 Å². The van der Waals surface area contributed by atoms with Gasteiger partial charge in [-0.15, -0.1) is 0 Å². The lowest BCUT2D eigenvalue weighted by atomic mass is 10.2. The number of para-hydroxylation sites is 2. The number of nitrogens with one attached hydrogen (secondary N) is 1. The van der Waals surface area contributed by atoms with Gasteiger partial charge in [-0.1, -0.05) is 30.3 Å². The lowest BCUT2D eigenvalue weighted by Gasteiger charge is -2.07. The van der Waals surface area contributed by atoms with Crippen molar-refractivity contribution in [1.82, 2.24) is 14.5 Å². The molecule has 0 amide bonds. The van der Waals surface area contributed by atoms with Gasteiger partial charge in [0.1, 0.15) is 5.82 Å². The van der Waals surface area contributed by atoms with Crippen LogP contribution in [0.3, 0.4) is 0 Å². The van der Waals surface area contributed by atoms with Gasteiger partial charge in [0.15, 0.2) is 4.77 Å². The molecule has 0 aliphatic carbocycles. The van der Waals surface area contributed by atoms with E-state index in [1.165, 1.54) is 6.07 Å². The number of fused-ring (bicyclic) bond motifs is 3. The molecule has 21 heavy (non-hydrogen) atoms. The van der Waals surface area contributed by atoms with Gasteiger partial charge >= 0.3 is 0 Å². The second-order valence-corrected chi connectivity index (χ2v) is 5.14. The van der Waals surface area contributed by atoms with Crippen molar-refractivity contribution in [2.75, 3.05) is 0 Å². The molecule has 4 aromatic rings. The molecule has 0 spiro atoms. The van der Waals surface area contributed by atoms with Crippen LogP contribution < -0.4 is 0 Å². The van der Waals surface area contributed by atoms with E-state index >= 15 is 0 Å². The number of aromatic nitrogens is 3. The highest BCUT2D eigenvalue weighted by atomic mass is 32.1. The van der Waals surface area contributed by atoms with Gasteiger partial charge in [-0.3, -0.25) is 9.55 Å². The fourth-order valence-corrected chi connectivity index (χ4v) is 2.89. The molecule has 0 atom stereocenters. The molecule has 2 aromatic carbocycles. The van der Waals surface area contributed by atoms with Crippen LogP contribution in [-0.4, -0.2) is 14.5 Å². The zero-order chi connectivity index (χ0) is 14.4. The quantitative estimate of drug-likeness (QED) is 0.529. The van der Waals surface area contributed by atoms with Gasteiger partial charge in [0, 0.05) is 5.39 Å². The zero-order valence-electron chi connectivity index (χ0n) is 10.9. The molecule has 0 unspecified atom stereocenters. The van der Waals surface area contributed by atoms with E-state index in [0.29, 0.717) is 10.5 Å². The van der Waals surface area contributed by atoms with E-state index < -0.39 is 0 Å². The third-order valence-corrected chi connectivity index (χ3v) is 3.79. The van der Waals surface area contributed by atoms with Gasteiger partial charge in [0.05, 0.1) is 28.4 Å². The van der Waals surface area contributed by atoms with E-state index in [4.69, 9.17) is 12.2 Å². The molecule has 0 aliphatic heterocycles. The third kappa shape index (κ3) is 1.78. The van der Waals surface area contributed by atoms with E-state index in [9.17, 15) is 4.39 Å². The van der Waals surface area contributed by atoms with E-state index in [0.717, 1.165) is 21.9 Å². The number of nitrogens with zero attached hydrogens (tertiary/aromatic N) is 2. The minimum Gasteiger partial charge on any atom is -0.329 e. The number of pyridine rings is 1. The largest absolute Gasteiger partial charge is 0.329 e. The topological polar surface area (TPSA) is 33.6 Å². The van der Waals surface area contributed by atoms with E-state index in [2.05, 4.69) is 9.97 Å². The van der Waals surface area contributed by atoms with Crippen LogP contribution in [0.1, 0.15) is 0 Å². The summed E-state index contributed by atoms with van der Waals surface area (Å²) in [6, 6.07) is 14.4. The summed E-state index contributed by atoms with van der Waals surface area (Å²) in [4.78, 5) is 7.49. The molecule has 0 bridgehead atoms. The number of halogens is 1. The van der Waals surface area contributed by atoms with Crippen molar-refractivity contribution in [3.8, 4) is 5.69 Å². The number of hydrogen-bond donors (Lipinski definition) is 1. The molecule has 102 valence electrons. The van der Waals surface area contributed by atoms with Crippen LogP contribution >= 0.6 is 12.2 Å². The molecule has 0 fully saturated rings. The van der Waals surface area contributed by atoms with Crippen LogP contribution in [0.5, 0.6) is 0 Å². The molecule has 2 heterocycles. The first-order valence-corrected chi connectivity index (χ1v) is 6.90. The van der Waals surface area contributed by atoms with Gasteiger partial charge in [0.2, 0.25) is 0 Å². The fraction of sp³-hybridized carbons (Fsp3) is 0. The molecule has 1 N–H and O–H groups in total. The normalized spacial score (nSPS) is 11.3. The van der Waals surface area contributed by atoms with Crippen LogP contribution in [-0.2, 0) is 0 Å². The van der Waals surface area contributed by atoms with E-state index in [1.807, 2.05) is 24.3 Å². The first kappa shape index (κ1) is 12.2. The van der Waals surface area contributed by atoms with Crippen LogP contribution in [0.2, 0.25) is 0 Å². The van der Waals surface area contributed by atoms with Crippen LogP contribution in [0.15, 0.2) is 54.7 Å². The maximum atomic E-state index is 14.2. The summed E-state index contributed by atoms with van der Waals surface area (Å²) in [5.41, 5.74) is 2.92. The molecule has 5 heteroatoms. The van der Waals surface area contributed by atoms with Gasteiger partial charge in [-0.2, -0.15) is 0 Å². The van der Waals surface area contributed by atoms with Crippen molar-refractivity contribution in [3.63, 3.8) is 0 Å². The summed E-state index contributed by atoms with van der Waals surface area (Å²) in [5, 5.41) is 0.936. The Balaban J connectivity index is 2.24. The standard InChI is InChI=1S/C16H10FN3S/c17-11-6-2-4-8-14(11)20-15-10-5-1-3-7-12(10)18-9-13(15)19-16(20)21/h1-9H,(H,19,21). The SMILES string of the molecule is Fc1ccccc1-n1c(=S)[nH]c2cnc3ccccc3c21. The number of imidazole rings is 1. The van der Waals surface area contributed by atoms with Crippen molar-refractivity contribution in [2.45, 2.75) is 0 Å². The van der Waals surface area contributed by atoms with Crippen molar-refractivity contribution in [1.29, 1.82) is 0 Å². The number of benzene rings is 2. The summed E-state index contributed by atoms with van der Waals surface area (Å²) in [7, 11) is 0. The van der Waals surface area contributed by atoms with E-state index in [-0.39, 0.29) is 5.82 Å². The average Bonchev–Trinajstić information content (AvgIpc) is 2.84. The maximum absolute atomic E-state index is 14.2. The van der Waals surface area contributed by atoms with E-state index in [1.54, 1.807) is 29.0 Å². The average molecular weight is 295 g/mol. The van der Waals surface area contributed by atoms with Crippen LogP contribution in [0.25, 0.3) is 27.6 Å². The Kier molecular flexibility index (Phi) is 2.62. The maximum Gasteiger partial charge on any atom is 0.182 e. The number of H-pyrrole nitrogens is 1. The summed E-state index contributed by atoms with van der Waals surface area (Å²) in [6.45, 7) is 0. The van der Waals surface area contributed by atoms with Crippen molar-refractivity contribution in [2.24, 2.45) is 0 Å². The number of hydrogen-bond acceptors (Lipinski definition) is 2. The molecule has 0 saturated carbocycles. The Morgan fingerprint density at radius 1 is 1.05 bits per heavy atom. The highest BCUT2D eigenvalue weighted by molar-refractivity contribution is 7.71. The van der Waals surface area contributed by atoms with Gasteiger partial charge < -0.3 is 4.98 Å². The van der Waals surface area contributed by atoms with Gasteiger partial charge in [-0.25, -0.2) is 4.39 Å². The lowest BCUT2D eigenvalue weighted by Crippen LogP contribution is -1.98. The van der Waals surface area contributed by atoms with Gasteiger partial charge in [-0.05, 0) is 30.4 Å². The minimum atomic E-state index is -0.310. The first-order valence-electron chi connectivity index (χ1n) is 6.49. The predicted octanol–water partition coefficient (Wildman–Crippen LogP) is 4.38. The monoisotopic (exact) mass is 295 g/mol. The summed E-state index contributed by atoms with van der Waals surface area (Å²) in [5.74, 6) is -0.310. The highest BCUT2D eigenvalue weighted by Gasteiger charge is 2.13. The predicted molar refractivity (Wildman–Crippen MR) is 83.7 cm³/mol. The highest BCUT2D eigenvalue weighted by Crippen LogP contribution is 2.27. The minimum absolute atomic E-state index is 0.310. The first-order chi connectivity index (χ1) is 10.3. The van der Waals surface area contributed by atoms with Crippen molar-refractivity contribution in [3.05, 3.63) is 65.3 Å².